The molecule has 0 aliphatic rings. The van der Waals surface area contributed by atoms with E-state index in [9.17, 15) is 8.42 Å². The zero-order valence-electron chi connectivity index (χ0n) is 14.1. The molecule has 0 spiro atoms. The third-order valence-electron chi connectivity index (χ3n) is 4.00. The minimum Gasteiger partial charge on any atom is -0.212 e. The summed E-state index contributed by atoms with van der Waals surface area (Å²) >= 11 is 0. The van der Waals surface area contributed by atoms with Gasteiger partial charge in [0, 0.05) is 0 Å². The summed E-state index contributed by atoms with van der Waals surface area (Å²) in [5.74, 6) is -0.0369. The fourth-order valence-corrected chi connectivity index (χ4v) is 4.20. The molecule has 0 radical (unpaired) electrons. The van der Waals surface area contributed by atoms with Crippen LogP contribution in [0.25, 0.3) is 0 Å². The van der Waals surface area contributed by atoms with Crippen LogP contribution < -0.4 is 4.72 Å². The summed E-state index contributed by atoms with van der Waals surface area (Å²) in [6.07, 6.45) is 0. The monoisotopic (exact) mass is 351 g/mol. The predicted molar refractivity (Wildman–Crippen MR) is 102 cm³/mol. The van der Waals surface area contributed by atoms with E-state index in [0.29, 0.717) is 0 Å². The van der Waals surface area contributed by atoms with Gasteiger partial charge in [-0.05, 0) is 23.6 Å². The molecule has 3 aromatic rings. The Kier molecular flexibility index (Phi) is 5.31. The summed E-state index contributed by atoms with van der Waals surface area (Å²) < 4.78 is 28.4. The van der Waals surface area contributed by atoms with Crippen molar-refractivity contribution in [3.63, 3.8) is 0 Å². The summed E-state index contributed by atoms with van der Waals surface area (Å²) in [6, 6.07) is 26.4. The maximum absolute atomic E-state index is 12.8. The van der Waals surface area contributed by atoms with Crippen LogP contribution in [0, 0.1) is 6.92 Å². The van der Waals surface area contributed by atoms with E-state index in [4.69, 9.17) is 0 Å². The van der Waals surface area contributed by atoms with E-state index in [0.717, 1.165) is 22.3 Å². The van der Waals surface area contributed by atoms with Crippen LogP contribution in [-0.4, -0.2) is 8.42 Å². The van der Waals surface area contributed by atoms with Crippen LogP contribution in [-0.2, 0) is 15.8 Å². The Hall–Kier alpha value is -2.43. The van der Waals surface area contributed by atoms with E-state index >= 15 is 0 Å². The van der Waals surface area contributed by atoms with Crippen molar-refractivity contribution in [1.29, 1.82) is 0 Å². The lowest BCUT2D eigenvalue weighted by Crippen LogP contribution is -2.30. The van der Waals surface area contributed by atoms with Crippen molar-refractivity contribution >= 4 is 10.0 Å². The number of hydrogen-bond donors (Lipinski definition) is 1. The molecule has 0 fully saturated rings. The molecule has 0 heterocycles. The Morgan fingerprint density at radius 2 is 1.36 bits per heavy atom. The molecule has 0 amide bonds. The normalized spacial score (nSPS) is 11.6. The highest BCUT2D eigenvalue weighted by atomic mass is 32.2. The summed E-state index contributed by atoms with van der Waals surface area (Å²) in [6.45, 7) is 1.96. The number of nitrogens with one attached hydrogen (secondary N) is 1. The maximum Gasteiger partial charge on any atom is 0.216 e. The van der Waals surface area contributed by atoms with Crippen LogP contribution in [0.1, 0.15) is 28.3 Å². The van der Waals surface area contributed by atoms with Crippen LogP contribution in [0.4, 0.5) is 0 Å². The highest BCUT2D eigenvalue weighted by Gasteiger charge is 2.21. The molecule has 0 atom stereocenters. The van der Waals surface area contributed by atoms with Crippen LogP contribution in [0.2, 0.25) is 0 Å². The third-order valence-corrected chi connectivity index (χ3v) is 5.31. The van der Waals surface area contributed by atoms with Crippen molar-refractivity contribution in [2.24, 2.45) is 0 Å². The zero-order valence-corrected chi connectivity index (χ0v) is 14.9. The smallest absolute Gasteiger partial charge is 0.212 e. The van der Waals surface area contributed by atoms with Crippen molar-refractivity contribution in [1.82, 2.24) is 4.72 Å². The molecule has 3 aromatic carbocycles. The van der Waals surface area contributed by atoms with Gasteiger partial charge >= 0.3 is 0 Å². The summed E-state index contributed by atoms with van der Waals surface area (Å²) in [4.78, 5) is 0. The van der Waals surface area contributed by atoms with Gasteiger partial charge in [0.1, 0.15) is 0 Å². The quantitative estimate of drug-likeness (QED) is 0.723. The lowest BCUT2D eigenvalue weighted by Gasteiger charge is -2.20. The van der Waals surface area contributed by atoms with Crippen LogP contribution in [0.5, 0.6) is 0 Å². The molecule has 1 N–H and O–H groups in total. The maximum atomic E-state index is 12.8. The van der Waals surface area contributed by atoms with Crippen molar-refractivity contribution in [3.8, 4) is 0 Å². The first-order chi connectivity index (χ1) is 12.0. The lowest BCUT2D eigenvalue weighted by atomic mass is 10.00. The Morgan fingerprint density at radius 3 is 1.88 bits per heavy atom. The number of aryl methyl sites for hydroxylation is 1. The minimum absolute atomic E-state index is 0.0369. The molecule has 3 rings (SSSR count). The van der Waals surface area contributed by atoms with Gasteiger partial charge in [-0.15, -0.1) is 0 Å². The van der Waals surface area contributed by atoms with E-state index in [1.807, 2.05) is 91.9 Å². The van der Waals surface area contributed by atoms with Gasteiger partial charge in [-0.25, -0.2) is 13.1 Å². The molecule has 25 heavy (non-hydrogen) atoms. The van der Waals surface area contributed by atoms with Gasteiger partial charge in [-0.3, -0.25) is 0 Å². The molecular weight excluding hydrogens is 330 g/mol. The molecule has 4 heteroatoms. The third kappa shape index (κ3) is 4.78. The molecule has 0 aliphatic carbocycles. The second-order valence-electron chi connectivity index (χ2n) is 6.12. The molecule has 0 saturated heterocycles. The molecule has 0 saturated carbocycles. The highest BCUT2D eigenvalue weighted by molar-refractivity contribution is 7.88. The number of benzene rings is 3. The molecule has 0 bridgehead atoms. The van der Waals surface area contributed by atoms with Crippen LogP contribution >= 0.6 is 0 Å². The first kappa shape index (κ1) is 17.4. The van der Waals surface area contributed by atoms with Crippen LogP contribution in [0.3, 0.4) is 0 Å². The largest absolute Gasteiger partial charge is 0.216 e. The number of sulfonamides is 1. The van der Waals surface area contributed by atoms with Crippen molar-refractivity contribution in [2.45, 2.75) is 18.7 Å². The van der Waals surface area contributed by atoms with E-state index < -0.39 is 16.1 Å². The second-order valence-corrected chi connectivity index (χ2v) is 7.87. The van der Waals surface area contributed by atoms with Crippen molar-refractivity contribution in [2.75, 3.05) is 0 Å². The SMILES string of the molecule is Cc1cccc(CS(=O)(=O)NC(c2ccccc2)c2ccccc2)c1. The highest BCUT2D eigenvalue weighted by Crippen LogP contribution is 2.23. The lowest BCUT2D eigenvalue weighted by molar-refractivity contribution is 0.571. The standard InChI is InChI=1S/C21H21NO2S/c1-17-9-8-10-18(15-17)16-25(23,24)22-21(19-11-4-2-5-12-19)20-13-6-3-7-14-20/h2-15,21-22H,16H2,1H3. The van der Waals surface area contributed by atoms with Crippen molar-refractivity contribution < 1.29 is 8.42 Å². The van der Waals surface area contributed by atoms with Gasteiger partial charge in [0.2, 0.25) is 10.0 Å². The van der Waals surface area contributed by atoms with Gasteiger partial charge < -0.3 is 0 Å². The Bertz CT molecular complexity index is 883. The summed E-state index contributed by atoms with van der Waals surface area (Å²) in [5, 5.41) is 0. The Labute approximate surface area is 149 Å². The average molecular weight is 351 g/mol. The molecule has 0 unspecified atom stereocenters. The molecule has 0 aromatic heterocycles. The first-order valence-electron chi connectivity index (χ1n) is 8.19. The fraction of sp³-hybridized carbons (Fsp3) is 0.143. The van der Waals surface area contributed by atoms with Gasteiger partial charge in [-0.2, -0.15) is 0 Å². The summed E-state index contributed by atoms with van der Waals surface area (Å²) in [5.41, 5.74) is 3.67. The second kappa shape index (κ2) is 7.64. The fourth-order valence-electron chi connectivity index (χ4n) is 2.86. The first-order valence-corrected chi connectivity index (χ1v) is 9.84. The van der Waals surface area contributed by atoms with Crippen molar-refractivity contribution in [3.05, 3.63) is 107 Å². The average Bonchev–Trinajstić information content (AvgIpc) is 2.61. The van der Waals surface area contributed by atoms with Crippen LogP contribution in [0.15, 0.2) is 84.9 Å². The Balaban J connectivity index is 1.89. The molecular formula is C21H21NO2S. The topological polar surface area (TPSA) is 46.2 Å². The summed E-state index contributed by atoms with van der Waals surface area (Å²) in [7, 11) is -3.50. The number of rotatable bonds is 6. The van der Waals surface area contributed by atoms with E-state index in [-0.39, 0.29) is 5.75 Å². The van der Waals surface area contributed by atoms with Gasteiger partial charge in [-0.1, -0.05) is 90.5 Å². The van der Waals surface area contributed by atoms with Gasteiger partial charge in [0.15, 0.2) is 0 Å². The van der Waals surface area contributed by atoms with E-state index in [1.54, 1.807) is 0 Å². The molecule has 0 aliphatic heterocycles. The van der Waals surface area contributed by atoms with E-state index in [1.165, 1.54) is 0 Å². The molecule has 3 nitrogen and oxygen atoms in total. The zero-order chi connectivity index (χ0) is 17.7. The predicted octanol–water partition coefficient (Wildman–Crippen LogP) is 4.20. The van der Waals surface area contributed by atoms with E-state index in [2.05, 4.69) is 4.72 Å². The van der Waals surface area contributed by atoms with Gasteiger partial charge in [0.25, 0.3) is 0 Å². The molecule has 128 valence electrons. The minimum atomic E-state index is -3.50. The number of hydrogen-bond acceptors (Lipinski definition) is 2. The Morgan fingerprint density at radius 1 is 0.800 bits per heavy atom. The van der Waals surface area contributed by atoms with Gasteiger partial charge in [0.05, 0.1) is 11.8 Å².